The summed E-state index contributed by atoms with van der Waals surface area (Å²) in [5.41, 5.74) is 5.25. The van der Waals surface area contributed by atoms with Crippen molar-refractivity contribution in [3.8, 4) is 11.4 Å². The van der Waals surface area contributed by atoms with Gasteiger partial charge in [0.2, 0.25) is 5.78 Å². The smallest absolute Gasteiger partial charge is 0.298 e. The van der Waals surface area contributed by atoms with Crippen molar-refractivity contribution in [3.05, 3.63) is 85.6 Å². The molecule has 0 unspecified atom stereocenters. The first-order chi connectivity index (χ1) is 14.8. The van der Waals surface area contributed by atoms with E-state index in [2.05, 4.69) is 33.4 Å². The second-order valence-electron chi connectivity index (χ2n) is 8.03. The third-order valence-corrected chi connectivity index (χ3v) is 5.78. The number of aryl methyl sites for hydroxylation is 4. The predicted octanol–water partition coefficient (Wildman–Crippen LogP) is 2.71. The van der Waals surface area contributed by atoms with E-state index in [1.165, 1.54) is 4.57 Å². The van der Waals surface area contributed by atoms with E-state index in [0.717, 1.165) is 27.8 Å². The SMILES string of the molecule is Cc1ccc(-c2nnc3n(Cc4cc(C)ccc4C)c4c(=O)[nH]c(=O)n(C)c4n23)cc1. The highest BCUT2D eigenvalue weighted by atomic mass is 16.2. The Kier molecular flexibility index (Phi) is 4.18. The van der Waals surface area contributed by atoms with E-state index < -0.39 is 11.2 Å². The van der Waals surface area contributed by atoms with Gasteiger partial charge in [0.25, 0.3) is 5.56 Å². The second-order valence-corrected chi connectivity index (χ2v) is 8.03. The maximum atomic E-state index is 12.9. The van der Waals surface area contributed by atoms with Crippen LogP contribution in [0.4, 0.5) is 0 Å². The lowest BCUT2D eigenvalue weighted by Gasteiger charge is -2.09. The molecule has 156 valence electrons. The van der Waals surface area contributed by atoms with Gasteiger partial charge in [-0.05, 0) is 31.9 Å². The van der Waals surface area contributed by atoms with E-state index in [1.54, 1.807) is 11.4 Å². The molecule has 0 radical (unpaired) electrons. The average Bonchev–Trinajstić information content (AvgIpc) is 3.29. The summed E-state index contributed by atoms with van der Waals surface area (Å²) in [7, 11) is 1.64. The quantitative estimate of drug-likeness (QED) is 0.492. The minimum atomic E-state index is -0.480. The van der Waals surface area contributed by atoms with Gasteiger partial charge in [0.05, 0.1) is 6.54 Å². The Labute approximate surface area is 177 Å². The molecule has 8 nitrogen and oxygen atoms in total. The van der Waals surface area contributed by atoms with Crippen LogP contribution in [0.15, 0.2) is 52.1 Å². The number of aromatic amines is 1. The van der Waals surface area contributed by atoms with E-state index in [1.807, 2.05) is 49.6 Å². The van der Waals surface area contributed by atoms with E-state index in [4.69, 9.17) is 0 Å². The molecule has 0 saturated carbocycles. The number of imidazole rings is 1. The molecule has 0 amide bonds. The highest BCUT2D eigenvalue weighted by Gasteiger charge is 2.23. The van der Waals surface area contributed by atoms with Crippen LogP contribution in [0.2, 0.25) is 0 Å². The van der Waals surface area contributed by atoms with Crippen LogP contribution in [-0.2, 0) is 13.6 Å². The molecule has 0 bridgehead atoms. The Hall–Kier alpha value is -3.94. The molecule has 0 aliphatic carbocycles. The first kappa shape index (κ1) is 19.0. The lowest BCUT2D eigenvalue weighted by Crippen LogP contribution is -2.29. The average molecular weight is 414 g/mol. The molecule has 2 aromatic carbocycles. The van der Waals surface area contributed by atoms with Crippen molar-refractivity contribution >= 4 is 16.9 Å². The number of nitrogens with zero attached hydrogens (tertiary/aromatic N) is 5. The number of H-pyrrole nitrogens is 1. The molecule has 1 N–H and O–H groups in total. The van der Waals surface area contributed by atoms with Gasteiger partial charge in [-0.1, -0.05) is 53.6 Å². The molecule has 5 rings (SSSR count). The normalized spacial score (nSPS) is 11.6. The zero-order valence-electron chi connectivity index (χ0n) is 17.8. The van der Waals surface area contributed by atoms with Gasteiger partial charge >= 0.3 is 5.69 Å². The minimum Gasteiger partial charge on any atom is -0.298 e. The van der Waals surface area contributed by atoms with Crippen molar-refractivity contribution in [2.45, 2.75) is 27.3 Å². The Morgan fingerprint density at radius 3 is 2.39 bits per heavy atom. The van der Waals surface area contributed by atoms with Crippen LogP contribution in [0.5, 0.6) is 0 Å². The molecule has 8 heteroatoms. The molecule has 5 aromatic rings. The highest BCUT2D eigenvalue weighted by Crippen LogP contribution is 2.25. The number of hydrogen-bond donors (Lipinski definition) is 1. The molecular formula is C23H22N6O2. The van der Waals surface area contributed by atoms with Crippen LogP contribution in [0.1, 0.15) is 22.3 Å². The fourth-order valence-corrected chi connectivity index (χ4v) is 4.02. The van der Waals surface area contributed by atoms with E-state index >= 15 is 0 Å². The molecule has 31 heavy (non-hydrogen) atoms. The van der Waals surface area contributed by atoms with Gasteiger partial charge in [0.15, 0.2) is 17.0 Å². The van der Waals surface area contributed by atoms with Gasteiger partial charge in [-0.2, -0.15) is 0 Å². The fraction of sp³-hybridized carbons (Fsp3) is 0.217. The number of benzene rings is 2. The van der Waals surface area contributed by atoms with Crippen LogP contribution in [-0.4, -0.2) is 28.7 Å². The van der Waals surface area contributed by atoms with Gasteiger partial charge < -0.3 is 0 Å². The number of fused-ring (bicyclic) bond motifs is 3. The Morgan fingerprint density at radius 2 is 1.65 bits per heavy atom. The Balaban J connectivity index is 1.88. The highest BCUT2D eigenvalue weighted by molar-refractivity contribution is 5.80. The summed E-state index contributed by atoms with van der Waals surface area (Å²) in [4.78, 5) is 27.8. The summed E-state index contributed by atoms with van der Waals surface area (Å²) >= 11 is 0. The van der Waals surface area contributed by atoms with Crippen molar-refractivity contribution in [1.82, 2.24) is 28.7 Å². The molecule has 0 spiro atoms. The van der Waals surface area contributed by atoms with Crippen molar-refractivity contribution in [1.29, 1.82) is 0 Å². The van der Waals surface area contributed by atoms with Crippen molar-refractivity contribution in [2.24, 2.45) is 7.05 Å². The van der Waals surface area contributed by atoms with Crippen molar-refractivity contribution in [2.75, 3.05) is 0 Å². The summed E-state index contributed by atoms with van der Waals surface area (Å²) in [5, 5.41) is 8.84. The van der Waals surface area contributed by atoms with Gasteiger partial charge in [-0.3, -0.25) is 18.9 Å². The van der Waals surface area contributed by atoms with Crippen LogP contribution in [0.3, 0.4) is 0 Å². The van der Waals surface area contributed by atoms with Gasteiger partial charge in [-0.25, -0.2) is 9.20 Å². The molecule has 0 aliphatic heterocycles. The van der Waals surface area contributed by atoms with Crippen molar-refractivity contribution in [3.63, 3.8) is 0 Å². The molecule has 0 atom stereocenters. The standard InChI is InChI=1S/C23H22N6O2/c1-13-6-9-16(10-7-13)19-25-26-22-28(12-17-11-14(2)5-8-15(17)3)18-20(30)24-23(31)27(4)21(18)29(19)22/h5-11H,12H2,1-4H3,(H,24,30,31). The predicted molar refractivity (Wildman–Crippen MR) is 120 cm³/mol. The zero-order chi connectivity index (χ0) is 21.9. The number of aromatic nitrogens is 6. The van der Waals surface area contributed by atoms with Gasteiger partial charge in [0, 0.05) is 12.6 Å². The Bertz CT molecular complexity index is 1580. The largest absolute Gasteiger partial charge is 0.329 e. The first-order valence-electron chi connectivity index (χ1n) is 10.0. The third-order valence-electron chi connectivity index (χ3n) is 5.78. The maximum absolute atomic E-state index is 12.9. The maximum Gasteiger partial charge on any atom is 0.329 e. The zero-order valence-corrected chi connectivity index (χ0v) is 17.8. The molecule has 0 saturated heterocycles. The summed E-state index contributed by atoms with van der Waals surface area (Å²) < 4.78 is 5.06. The van der Waals surface area contributed by atoms with E-state index in [-0.39, 0.29) is 0 Å². The van der Waals surface area contributed by atoms with Gasteiger partial charge in [-0.15, -0.1) is 10.2 Å². The lowest BCUT2D eigenvalue weighted by atomic mass is 10.1. The van der Waals surface area contributed by atoms with Crippen LogP contribution >= 0.6 is 0 Å². The molecule has 0 fully saturated rings. The summed E-state index contributed by atoms with van der Waals surface area (Å²) in [6.45, 7) is 6.53. The second kappa shape index (κ2) is 6.80. The molecule has 3 heterocycles. The fourth-order valence-electron chi connectivity index (χ4n) is 4.02. The topological polar surface area (TPSA) is 90.0 Å². The lowest BCUT2D eigenvalue weighted by molar-refractivity contribution is 0.806. The number of rotatable bonds is 3. The third kappa shape index (κ3) is 2.91. The summed E-state index contributed by atoms with van der Waals surface area (Å²) in [5.74, 6) is 1.10. The molecule has 3 aromatic heterocycles. The monoisotopic (exact) mass is 414 g/mol. The number of nitrogens with one attached hydrogen (secondary N) is 1. The molecule has 0 aliphatic rings. The van der Waals surface area contributed by atoms with E-state index in [9.17, 15) is 9.59 Å². The van der Waals surface area contributed by atoms with Gasteiger partial charge in [0.1, 0.15) is 0 Å². The van der Waals surface area contributed by atoms with Crippen LogP contribution in [0.25, 0.3) is 28.3 Å². The summed E-state index contributed by atoms with van der Waals surface area (Å²) in [6.07, 6.45) is 0. The first-order valence-corrected chi connectivity index (χ1v) is 10.0. The van der Waals surface area contributed by atoms with Crippen LogP contribution < -0.4 is 11.2 Å². The summed E-state index contributed by atoms with van der Waals surface area (Å²) in [6, 6.07) is 14.1. The van der Waals surface area contributed by atoms with Crippen molar-refractivity contribution < 1.29 is 0 Å². The van der Waals surface area contributed by atoms with E-state index in [0.29, 0.717) is 29.3 Å². The minimum absolute atomic E-state index is 0.390. The van der Waals surface area contributed by atoms with Crippen LogP contribution in [0, 0.1) is 20.8 Å². The Morgan fingerprint density at radius 1 is 0.935 bits per heavy atom. The number of hydrogen-bond acceptors (Lipinski definition) is 4. The molecular weight excluding hydrogens is 392 g/mol.